The van der Waals surface area contributed by atoms with E-state index in [1.807, 2.05) is 24.3 Å². The Hall–Kier alpha value is -2.23. The van der Waals surface area contributed by atoms with Crippen LogP contribution in [0.3, 0.4) is 0 Å². The number of aromatic carboxylic acids is 1. The van der Waals surface area contributed by atoms with E-state index in [4.69, 9.17) is 4.74 Å². The van der Waals surface area contributed by atoms with Gasteiger partial charge in [-0.25, -0.2) is 9.59 Å². The summed E-state index contributed by atoms with van der Waals surface area (Å²) in [7, 11) is -4.66. The molecule has 0 unspecified atom stereocenters. The second-order valence-corrected chi connectivity index (χ2v) is 12.4. The van der Waals surface area contributed by atoms with Gasteiger partial charge < -0.3 is 11.3 Å². The number of aryl methyl sites for hydroxylation is 2. The standard InChI is InChI=1S/C34H44O7S.Na.H/c1-3-5-7-9-11-13-15-25-17-18-26-19-20-27(16-14-12-10-8-6-4-2)32(30(26)23-25)41-34(37)31-24-28(42(38,39)40)21-22-29(31)33(35)36;;/h17-24H,3-16H2,1-2H3,(H,35,36)(H,38,39,40);;/q;+1;-1. The first kappa shape index (κ1) is 37.0. The van der Waals surface area contributed by atoms with Crippen molar-refractivity contribution in [3.05, 3.63) is 70.8 Å². The van der Waals surface area contributed by atoms with Crippen LogP contribution in [0.15, 0.2) is 53.4 Å². The van der Waals surface area contributed by atoms with Crippen molar-refractivity contribution in [2.75, 3.05) is 0 Å². The van der Waals surface area contributed by atoms with Gasteiger partial charge in [-0.15, -0.1) is 0 Å². The van der Waals surface area contributed by atoms with Crippen LogP contribution in [-0.4, -0.2) is 30.0 Å². The molecule has 0 aliphatic rings. The first-order valence-electron chi connectivity index (χ1n) is 15.3. The molecule has 43 heavy (non-hydrogen) atoms. The summed E-state index contributed by atoms with van der Waals surface area (Å²) in [6, 6.07) is 12.9. The summed E-state index contributed by atoms with van der Waals surface area (Å²) in [6.07, 6.45) is 15.4. The van der Waals surface area contributed by atoms with Crippen molar-refractivity contribution in [3.8, 4) is 5.75 Å². The molecule has 0 aliphatic heterocycles. The van der Waals surface area contributed by atoms with E-state index < -0.39 is 38.1 Å². The van der Waals surface area contributed by atoms with Gasteiger partial charge in [0.15, 0.2) is 0 Å². The zero-order chi connectivity index (χ0) is 30.5. The summed E-state index contributed by atoms with van der Waals surface area (Å²) < 4.78 is 38.9. The summed E-state index contributed by atoms with van der Waals surface area (Å²) in [4.78, 5) is 24.8. The third-order valence-electron chi connectivity index (χ3n) is 7.67. The van der Waals surface area contributed by atoms with Crippen molar-refractivity contribution in [2.24, 2.45) is 0 Å². The van der Waals surface area contributed by atoms with E-state index >= 15 is 0 Å². The minimum Gasteiger partial charge on any atom is -1.00 e. The maximum absolute atomic E-state index is 13.5. The molecule has 3 aromatic rings. The molecule has 7 nitrogen and oxygen atoms in total. The molecule has 2 N–H and O–H groups in total. The van der Waals surface area contributed by atoms with Gasteiger partial charge in [-0.1, -0.05) is 102 Å². The van der Waals surface area contributed by atoms with Crippen molar-refractivity contribution >= 4 is 32.8 Å². The Labute approximate surface area is 279 Å². The number of hydrogen-bond acceptors (Lipinski definition) is 5. The number of unbranched alkanes of at least 4 members (excludes halogenated alkanes) is 10. The molecular weight excluding hydrogens is 575 g/mol. The molecule has 0 radical (unpaired) electrons. The van der Waals surface area contributed by atoms with Crippen molar-refractivity contribution in [3.63, 3.8) is 0 Å². The fourth-order valence-corrected chi connectivity index (χ4v) is 5.76. The summed E-state index contributed by atoms with van der Waals surface area (Å²) >= 11 is 0. The van der Waals surface area contributed by atoms with Crippen LogP contribution in [0.2, 0.25) is 0 Å². The monoisotopic (exact) mass is 620 g/mol. The zero-order valence-corrected chi connectivity index (χ0v) is 28.7. The van der Waals surface area contributed by atoms with Gasteiger partial charge in [0.1, 0.15) is 5.75 Å². The first-order valence-corrected chi connectivity index (χ1v) is 16.7. The number of esters is 1. The third-order valence-corrected chi connectivity index (χ3v) is 8.52. The van der Waals surface area contributed by atoms with Crippen molar-refractivity contribution in [1.29, 1.82) is 0 Å². The number of fused-ring (bicyclic) bond motifs is 1. The number of rotatable bonds is 18. The van der Waals surface area contributed by atoms with Crippen LogP contribution in [0.1, 0.15) is 124 Å². The number of ether oxygens (including phenoxy) is 1. The molecule has 0 saturated heterocycles. The predicted molar refractivity (Wildman–Crippen MR) is 167 cm³/mol. The molecule has 0 aliphatic carbocycles. The minimum atomic E-state index is -4.66. The quantitative estimate of drug-likeness (QED) is 0.0595. The van der Waals surface area contributed by atoms with Crippen molar-refractivity contribution < 1.29 is 63.4 Å². The van der Waals surface area contributed by atoms with Crippen molar-refractivity contribution in [2.45, 2.75) is 109 Å². The van der Waals surface area contributed by atoms with Crippen LogP contribution < -0.4 is 34.3 Å². The fraction of sp³-hybridized carbons (Fsp3) is 0.471. The van der Waals surface area contributed by atoms with Gasteiger partial charge in [0.05, 0.1) is 16.0 Å². The van der Waals surface area contributed by atoms with Crippen LogP contribution in [0, 0.1) is 0 Å². The zero-order valence-electron chi connectivity index (χ0n) is 26.9. The normalized spacial score (nSPS) is 11.3. The van der Waals surface area contributed by atoms with Crippen LogP contribution in [0.4, 0.5) is 0 Å². The number of benzene rings is 3. The van der Waals surface area contributed by atoms with Gasteiger partial charge >= 0.3 is 41.5 Å². The predicted octanol–water partition coefficient (Wildman–Crippen LogP) is 5.93. The van der Waals surface area contributed by atoms with Gasteiger partial charge in [-0.05, 0) is 66.5 Å². The van der Waals surface area contributed by atoms with Crippen LogP contribution in [0.25, 0.3) is 10.8 Å². The molecular formula is C34H45NaO7S. The van der Waals surface area contributed by atoms with E-state index in [9.17, 15) is 27.7 Å². The average Bonchev–Trinajstić information content (AvgIpc) is 2.96. The number of carboxylic acids is 1. The first-order chi connectivity index (χ1) is 20.2. The molecule has 0 fully saturated rings. The molecule has 0 heterocycles. The molecule has 0 aromatic heterocycles. The number of carbonyl (C=O) groups excluding carboxylic acids is 1. The Morgan fingerprint density at radius 2 is 1.33 bits per heavy atom. The summed E-state index contributed by atoms with van der Waals surface area (Å²) in [5, 5.41) is 11.3. The molecule has 3 rings (SSSR count). The molecule has 230 valence electrons. The second-order valence-electron chi connectivity index (χ2n) is 11.0. The minimum absolute atomic E-state index is 0. The Kier molecular flexibility index (Phi) is 15.9. The van der Waals surface area contributed by atoms with E-state index in [1.165, 1.54) is 44.9 Å². The smallest absolute Gasteiger partial charge is 1.00 e. The Morgan fingerprint density at radius 3 is 1.93 bits per heavy atom. The van der Waals surface area contributed by atoms with E-state index in [-0.39, 0.29) is 31.0 Å². The molecule has 0 bridgehead atoms. The maximum atomic E-state index is 13.5. The number of carbonyl (C=O) groups is 2. The fourth-order valence-electron chi connectivity index (χ4n) is 5.25. The summed E-state index contributed by atoms with van der Waals surface area (Å²) in [5.41, 5.74) is 1.12. The Morgan fingerprint density at radius 1 is 0.744 bits per heavy atom. The average molecular weight is 621 g/mol. The number of hydrogen-bond donors (Lipinski definition) is 2. The van der Waals surface area contributed by atoms with Crippen LogP contribution in [0.5, 0.6) is 5.75 Å². The Bertz CT molecular complexity index is 1470. The third kappa shape index (κ3) is 11.3. The second kappa shape index (κ2) is 18.5. The maximum Gasteiger partial charge on any atom is 1.00 e. The number of carboxylic acid groups (broad SMARTS) is 1. The molecule has 0 saturated carbocycles. The summed E-state index contributed by atoms with van der Waals surface area (Å²) in [6.45, 7) is 4.38. The van der Waals surface area contributed by atoms with Gasteiger partial charge in [0.25, 0.3) is 10.1 Å². The van der Waals surface area contributed by atoms with Gasteiger partial charge in [-0.2, -0.15) is 8.42 Å². The van der Waals surface area contributed by atoms with Gasteiger partial charge in [0, 0.05) is 5.39 Å². The van der Waals surface area contributed by atoms with Crippen LogP contribution in [-0.2, 0) is 23.0 Å². The molecule has 3 aromatic carbocycles. The van der Waals surface area contributed by atoms with E-state index in [0.717, 1.165) is 78.6 Å². The van der Waals surface area contributed by atoms with Crippen LogP contribution >= 0.6 is 0 Å². The SMILES string of the molecule is CCCCCCCCc1ccc2ccc(CCCCCCCC)c(OC(=O)c3cc(S(=O)(=O)O)ccc3C(=O)O)c2c1.[H-].[Na+]. The van der Waals surface area contributed by atoms with Gasteiger partial charge in [0.2, 0.25) is 0 Å². The van der Waals surface area contributed by atoms with E-state index in [1.54, 1.807) is 0 Å². The topological polar surface area (TPSA) is 118 Å². The van der Waals surface area contributed by atoms with Gasteiger partial charge in [-0.3, -0.25) is 4.55 Å². The van der Waals surface area contributed by atoms with E-state index in [2.05, 4.69) is 19.9 Å². The molecule has 0 amide bonds. The Balaban J connectivity index is 0.00000484. The van der Waals surface area contributed by atoms with E-state index in [0.29, 0.717) is 12.2 Å². The molecule has 9 heteroatoms. The molecule has 0 spiro atoms. The molecule has 0 atom stereocenters. The largest absolute Gasteiger partial charge is 1.00 e. The summed E-state index contributed by atoms with van der Waals surface area (Å²) in [5.74, 6) is -2.03. The van der Waals surface area contributed by atoms with Crippen molar-refractivity contribution in [1.82, 2.24) is 0 Å².